The smallest absolute Gasteiger partial charge is 0.308 e. The Hall–Kier alpha value is -2.46. The van der Waals surface area contributed by atoms with Gasteiger partial charge in [-0.15, -0.1) is 0 Å². The molecule has 0 fully saturated rings. The maximum Gasteiger partial charge on any atom is 0.308 e. The number of carbonyl (C=O) groups is 1. The molecule has 126 valence electrons. The number of imidazole rings is 1. The molecule has 2 aromatic rings. The summed E-state index contributed by atoms with van der Waals surface area (Å²) >= 11 is 0. The first-order chi connectivity index (χ1) is 10.9. The Morgan fingerprint density at radius 1 is 1.35 bits per heavy atom. The topological polar surface area (TPSA) is 151 Å². The number of ether oxygens (including phenoxy) is 2. The lowest BCUT2D eigenvalue weighted by molar-refractivity contribution is -0.150. The number of rotatable bonds is 7. The molecule has 2 heterocycles. The van der Waals surface area contributed by atoms with Gasteiger partial charge in [0.1, 0.15) is 12.1 Å². The van der Waals surface area contributed by atoms with Crippen LogP contribution < -0.4 is 11.5 Å². The molecule has 0 amide bonds. The van der Waals surface area contributed by atoms with Crippen molar-refractivity contribution in [3.63, 3.8) is 0 Å². The number of aromatic nitrogens is 4. The summed E-state index contributed by atoms with van der Waals surface area (Å²) in [5, 5.41) is 9.51. The highest BCUT2D eigenvalue weighted by Crippen LogP contribution is 2.21. The molecule has 0 bridgehead atoms. The Morgan fingerprint density at radius 3 is 2.74 bits per heavy atom. The van der Waals surface area contributed by atoms with E-state index in [-0.39, 0.29) is 43.5 Å². The van der Waals surface area contributed by atoms with Crippen molar-refractivity contribution in [2.24, 2.45) is 5.92 Å². The second-order valence-electron chi connectivity index (χ2n) is 5.12. The van der Waals surface area contributed by atoms with Crippen LogP contribution in [-0.4, -0.2) is 50.4 Å². The molecule has 0 saturated carbocycles. The fourth-order valence-corrected chi connectivity index (χ4v) is 1.88. The van der Waals surface area contributed by atoms with E-state index in [2.05, 4.69) is 15.0 Å². The van der Waals surface area contributed by atoms with Gasteiger partial charge >= 0.3 is 5.97 Å². The lowest BCUT2D eigenvalue weighted by Crippen LogP contribution is -2.21. The monoisotopic (exact) mass is 324 g/mol. The molecule has 1 unspecified atom stereocenters. The zero-order chi connectivity index (χ0) is 17.0. The molecule has 23 heavy (non-hydrogen) atoms. The van der Waals surface area contributed by atoms with Crippen molar-refractivity contribution in [3.8, 4) is 0 Å². The standard InChI is InChI=1S/C13H20N6O4/c1-7(2)12(21)23-4-3-22-8(5-20)19-6-16-9-10(14)17-13(15)18-11(9)19/h6-8,20H,3-5H2,1-2H3,(H4,14,15,17,18). The number of nitrogens with two attached hydrogens (primary N) is 2. The predicted octanol–water partition coefficient (Wildman–Crippen LogP) is -0.303. The van der Waals surface area contributed by atoms with Crippen LogP contribution in [0.25, 0.3) is 11.2 Å². The average molecular weight is 324 g/mol. The number of hydrogen-bond acceptors (Lipinski definition) is 9. The lowest BCUT2D eigenvalue weighted by atomic mass is 10.2. The van der Waals surface area contributed by atoms with Crippen LogP contribution in [0, 0.1) is 5.92 Å². The SMILES string of the molecule is CC(C)C(=O)OCCOC(CO)n1cnc2c(N)nc(N)nc21. The predicted molar refractivity (Wildman–Crippen MR) is 82.0 cm³/mol. The molecule has 0 aliphatic rings. The number of esters is 1. The highest BCUT2D eigenvalue weighted by atomic mass is 16.6. The summed E-state index contributed by atoms with van der Waals surface area (Å²) in [6.45, 7) is 3.35. The number of aliphatic hydroxyl groups excluding tert-OH is 1. The van der Waals surface area contributed by atoms with Gasteiger partial charge in [0.05, 0.1) is 25.5 Å². The van der Waals surface area contributed by atoms with Crippen molar-refractivity contribution in [2.45, 2.75) is 20.1 Å². The van der Waals surface area contributed by atoms with Gasteiger partial charge in [-0.1, -0.05) is 13.8 Å². The summed E-state index contributed by atoms with van der Waals surface area (Å²) in [5.41, 5.74) is 12.0. The summed E-state index contributed by atoms with van der Waals surface area (Å²) in [6, 6.07) is 0. The van der Waals surface area contributed by atoms with Gasteiger partial charge < -0.3 is 26.0 Å². The second-order valence-corrected chi connectivity index (χ2v) is 5.12. The Bertz CT molecular complexity index is 686. The summed E-state index contributed by atoms with van der Waals surface area (Å²) < 4.78 is 12.0. The van der Waals surface area contributed by atoms with E-state index in [1.54, 1.807) is 13.8 Å². The van der Waals surface area contributed by atoms with E-state index in [1.807, 2.05) is 0 Å². The molecular formula is C13H20N6O4. The summed E-state index contributed by atoms with van der Waals surface area (Å²) in [5.74, 6) is -0.368. The van der Waals surface area contributed by atoms with Gasteiger partial charge in [0.2, 0.25) is 5.95 Å². The first-order valence-electron chi connectivity index (χ1n) is 7.08. The molecule has 2 rings (SSSR count). The van der Waals surface area contributed by atoms with Gasteiger partial charge in [0.15, 0.2) is 17.7 Å². The summed E-state index contributed by atoms with van der Waals surface area (Å²) in [6.07, 6.45) is 0.669. The second kappa shape index (κ2) is 7.20. The van der Waals surface area contributed by atoms with Crippen molar-refractivity contribution < 1.29 is 19.4 Å². The summed E-state index contributed by atoms with van der Waals surface area (Å²) in [7, 11) is 0. The zero-order valence-electron chi connectivity index (χ0n) is 13.0. The van der Waals surface area contributed by atoms with E-state index in [1.165, 1.54) is 10.9 Å². The molecule has 1 atom stereocenters. The van der Waals surface area contributed by atoms with Crippen LogP contribution in [0.1, 0.15) is 20.1 Å². The van der Waals surface area contributed by atoms with E-state index in [9.17, 15) is 9.90 Å². The van der Waals surface area contributed by atoms with Gasteiger partial charge in [-0.05, 0) is 0 Å². The van der Waals surface area contributed by atoms with Crippen LogP contribution in [0.4, 0.5) is 11.8 Å². The van der Waals surface area contributed by atoms with E-state index in [0.29, 0.717) is 11.2 Å². The summed E-state index contributed by atoms with van der Waals surface area (Å²) in [4.78, 5) is 23.3. The molecule has 0 radical (unpaired) electrons. The molecule has 0 spiro atoms. The fourth-order valence-electron chi connectivity index (χ4n) is 1.88. The van der Waals surface area contributed by atoms with Crippen molar-refractivity contribution in [1.82, 2.24) is 19.5 Å². The van der Waals surface area contributed by atoms with Crippen LogP contribution in [0.5, 0.6) is 0 Å². The van der Waals surface area contributed by atoms with Crippen LogP contribution in [0.3, 0.4) is 0 Å². The van der Waals surface area contributed by atoms with Crippen LogP contribution in [0.15, 0.2) is 6.33 Å². The zero-order valence-corrected chi connectivity index (χ0v) is 13.0. The molecule has 0 saturated heterocycles. The van der Waals surface area contributed by atoms with Crippen molar-refractivity contribution >= 4 is 28.9 Å². The number of carbonyl (C=O) groups excluding carboxylic acids is 1. The van der Waals surface area contributed by atoms with Crippen molar-refractivity contribution in [3.05, 3.63) is 6.33 Å². The highest BCUT2D eigenvalue weighted by molar-refractivity contribution is 5.82. The van der Waals surface area contributed by atoms with Gasteiger partial charge in [0, 0.05) is 0 Å². The normalized spacial score (nSPS) is 12.7. The number of aliphatic hydroxyl groups is 1. The lowest BCUT2D eigenvalue weighted by Gasteiger charge is -2.17. The maximum absolute atomic E-state index is 11.3. The molecule has 10 heteroatoms. The number of nitrogens with zero attached hydrogens (tertiary/aromatic N) is 4. The third kappa shape index (κ3) is 3.85. The minimum atomic E-state index is -0.758. The molecule has 2 aromatic heterocycles. The average Bonchev–Trinajstić information content (AvgIpc) is 2.91. The Kier molecular flexibility index (Phi) is 5.29. The third-order valence-corrected chi connectivity index (χ3v) is 3.04. The quantitative estimate of drug-likeness (QED) is 0.460. The Labute approximate surface area is 132 Å². The largest absolute Gasteiger partial charge is 0.463 e. The number of hydrogen-bond donors (Lipinski definition) is 3. The van der Waals surface area contributed by atoms with Crippen molar-refractivity contribution in [1.29, 1.82) is 0 Å². The maximum atomic E-state index is 11.3. The first kappa shape index (κ1) is 16.9. The molecule has 5 N–H and O–H groups in total. The number of nitrogen functional groups attached to an aromatic ring is 2. The molecular weight excluding hydrogens is 304 g/mol. The van der Waals surface area contributed by atoms with E-state index in [4.69, 9.17) is 20.9 Å². The molecule has 0 aliphatic carbocycles. The first-order valence-corrected chi connectivity index (χ1v) is 7.08. The fraction of sp³-hybridized carbons (Fsp3) is 0.538. The van der Waals surface area contributed by atoms with E-state index in [0.717, 1.165) is 0 Å². The van der Waals surface area contributed by atoms with Crippen LogP contribution in [0.2, 0.25) is 0 Å². The van der Waals surface area contributed by atoms with E-state index >= 15 is 0 Å². The molecule has 10 nitrogen and oxygen atoms in total. The van der Waals surface area contributed by atoms with Gasteiger partial charge in [-0.25, -0.2) is 4.98 Å². The van der Waals surface area contributed by atoms with Gasteiger partial charge in [-0.3, -0.25) is 9.36 Å². The van der Waals surface area contributed by atoms with Crippen LogP contribution in [-0.2, 0) is 14.3 Å². The highest BCUT2D eigenvalue weighted by Gasteiger charge is 2.17. The third-order valence-electron chi connectivity index (χ3n) is 3.04. The van der Waals surface area contributed by atoms with Crippen molar-refractivity contribution in [2.75, 3.05) is 31.3 Å². The molecule has 0 aliphatic heterocycles. The van der Waals surface area contributed by atoms with Gasteiger partial charge in [-0.2, -0.15) is 9.97 Å². The Morgan fingerprint density at radius 2 is 2.09 bits per heavy atom. The number of anilines is 2. The van der Waals surface area contributed by atoms with E-state index < -0.39 is 6.23 Å². The van der Waals surface area contributed by atoms with Gasteiger partial charge in [0.25, 0.3) is 0 Å². The minimum Gasteiger partial charge on any atom is -0.463 e. The minimum absolute atomic E-state index is 0.000645. The van der Waals surface area contributed by atoms with Crippen LogP contribution >= 0.6 is 0 Å². The Balaban J connectivity index is 2.05. The number of fused-ring (bicyclic) bond motifs is 1. The molecule has 0 aromatic carbocycles.